The second-order valence-corrected chi connectivity index (χ2v) is 5.83. The zero-order chi connectivity index (χ0) is 10.8. The van der Waals surface area contributed by atoms with Gasteiger partial charge in [0.1, 0.15) is 11.5 Å². The highest BCUT2D eigenvalue weighted by molar-refractivity contribution is 7.85. The molecule has 3 unspecified atom stereocenters. The zero-order valence-corrected chi connectivity index (χ0v) is 9.97. The van der Waals surface area contributed by atoms with Crippen molar-refractivity contribution in [3.05, 3.63) is 23.7 Å². The van der Waals surface area contributed by atoms with Gasteiger partial charge in [0.05, 0.1) is 6.04 Å². The van der Waals surface area contributed by atoms with Gasteiger partial charge in [-0.15, -0.1) is 0 Å². The Morgan fingerprint density at radius 2 is 2.27 bits per heavy atom. The Balaban J connectivity index is 2.12. The Kier molecular flexibility index (Phi) is 3.26. The summed E-state index contributed by atoms with van der Waals surface area (Å²) in [5, 5.41) is 3.40. The second kappa shape index (κ2) is 4.49. The van der Waals surface area contributed by atoms with Gasteiger partial charge in [-0.05, 0) is 31.5 Å². The smallest absolute Gasteiger partial charge is 0.122 e. The molecule has 1 aliphatic heterocycles. The molecule has 2 heterocycles. The monoisotopic (exact) mass is 227 g/mol. The molecule has 1 aromatic heterocycles. The van der Waals surface area contributed by atoms with Crippen molar-refractivity contribution in [3.63, 3.8) is 0 Å². The summed E-state index contributed by atoms with van der Waals surface area (Å²) < 4.78 is 17.3. The van der Waals surface area contributed by atoms with Crippen LogP contribution in [-0.2, 0) is 10.8 Å². The lowest BCUT2D eigenvalue weighted by atomic mass is 10.2. The summed E-state index contributed by atoms with van der Waals surface area (Å²) >= 11 is 0. The fraction of sp³-hybridized carbons (Fsp3) is 0.636. The van der Waals surface area contributed by atoms with Crippen LogP contribution < -0.4 is 5.32 Å². The van der Waals surface area contributed by atoms with Gasteiger partial charge in [0.2, 0.25) is 0 Å². The van der Waals surface area contributed by atoms with Gasteiger partial charge in [0.25, 0.3) is 0 Å². The first-order chi connectivity index (χ1) is 7.15. The predicted octanol–water partition coefficient (Wildman–Crippen LogP) is 1.62. The van der Waals surface area contributed by atoms with Crippen molar-refractivity contribution in [1.82, 2.24) is 5.32 Å². The molecular weight excluding hydrogens is 210 g/mol. The van der Waals surface area contributed by atoms with Crippen LogP contribution in [0.5, 0.6) is 0 Å². The van der Waals surface area contributed by atoms with Crippen LogP contribution >= 0.6 is 0 Å². The third kappa shape index (κ3) is 2.69. The third-order valence-corrected chi connectivity index (χ3v) is 4.29. The summed E-state index contributed by atoms with van der Waals surface area (Å²) in [4.78, 5) is 0. The third-order valence-electron chi connectivity index (χ3n) is 2.64. The predicted molar refractivity (Wildman–Crippen MR) is 61.2 cm³/mol. The van der Waals surface area contributed by atoms with Crippen molar-refractivity contribution >= 4 is 10.8 Å². The van der Waals surface area contributed by atoms with Crippen molar-refractivity contribution in [2.24, 2.45) is 5.92 Å². The van der Waals surface area contributed by atoms with Crippen molar-refractivity contribution in [2.45, 2.75) is 19.9 Å². The molecule has 1 aliphatic rings. The molecule has 1 aromatic rings. The van der Waals surface area contributed by atoms with E-state index in [0.29, 0.717) is 11.7 Å². The van der Waals surface area contributed by atoms with Crippen LogP contribution in [-0.4, -0.2) is 22.3 Å². The van der Waals surface area contributed by atoms with Gasteiger partial charge in [-0.3, -0.25) is 4.21 Å². The molecule has 2 rings (SSSR count). The SMILES string of the molecule is Cc1ccc(C2CS(=O)CC(C)CN2)o1. The maximum atomic E-state index is 11.7. The second-order valence-electron chi connectivity index (χ2n) is 4.29. The van der Waals surface area contributed by atoms with Crippen molar-refractivity contribution in [2.75, 3.05) is 18.1 Å². The Labute approximate surface area is 92.7 Å². The van der Waals surface area contributed by atoms with Crippen LogP contribution in [0.4, 0.5) is 0 Å². The van der Waals surface area contributed by atoms with E-state index in [2.05, 4.69) is 12.2 Å². The maximum Gasteiger partial charge on any atom is 0.122 e. The molecular formula is C11H17NO2S. The van der Waals surface area contributed by atoms with Gasteiger partial charge in [0, 0.05) is 22.3 Å². The highest BCUT2D eigenvalue weighted by atomic mass is 32.2. The van der Waals surface area contributed by atoms with Gasteiger partial charge in [-0.1, -0.05) is 6.92 Å². The fourth-order valence-electron chi connectivity index (χ4n) is 1.86. The van der Waals surface area contributed by atoms with Gasteiger partial charge < -0.3 is 9.73 Å². The van der Waals surface area contributed by atoms with E-state index in [4.69, 9.17) is 4.42 Å². The van der Waals surface area contributed by atoms with Gasteiger partial charge >= 0.3 is 0 Å². The van der Waals surface area contributed by atoms with Crippen LogP contribution in [0.3, 0.4) is 0 Å². The number of furan rings is 1. The molecule has 0 bridgehead atoms. The summed E-state index contributed by atoms with van der Waals surface area (Å²) in [7, 11) is -0.731. The molecule has 84 valence electrons. The Bertz CT molecular complexity index is 361. The average Bonchev–Trinajstić information content (AvgIpc) is 2.51. The van der Waals surface area contributed by atoms with Crippen molar-refractivity contribution in [1.29, 1.82) is 0 Å². The molecule has 0 aromatic carbocycles. The van der Waals surface area contributed by atoms with E-state index in [-0.39, 0.29) is 6.04 Å². The summed E-state index contributed by atoms with van der Waals surface area (Å²) in [5.41, 5.74) is 0. The van der Waals surface area contributed by atoms with Crippen LogP contribution in [0.25, 0.3) is 0 Å². The molecule has 0 amide bonds. The Hall–Kier alpha value is -0.610. The highest BCUT2D eigenvalue weighted by Gasteiger charge is 2.23. The molecule has 3 nitrogen and oxygen atoms in total. The average molecular weight is 227 g/mol. The lowest BCUT2D eigenvalue weighted by Crippen LogP contribution is -2.25. The fourth-order valence-corrected chi connectivity index (χ4v) is 3.40. The molecule has 3 atom stereocenters. The zero-order valence-electron chi connectivity index (χ0n) is 9.16. The van der Waals surface area contributed by atoms with E-state index < -0.39 is 10.8 Å². The van der Waals surface area contributed by atoms with E-state index in [1.165, 1.54) is 0 Å². The number of nitrogens with one attached hydrogen (secondary N) is 1. The Morgan fingerprint density at radius 1 is 1.47 bits per heavy atom. The normalized spacial score (nSPS) is 32.5. The number of hydrogen-bond acceptors (Lipinski definition) is 3. The topological polar surface area (TPSA) is 42.2 Å². The minimum absolute atomic E-state index is 0.115. The summed E-state index contributed by atoms with van der Waals surface area (Å²) in [6, 6.07) is 4.04. The number of rotatable bonds is 1. The van der Waals surface area contributed by atoms with E-state index in [9.17, 15) is 4.21 Å². The first kappa shape index (κ1) is 10.9. The molecule has 4 heteroatoms. The summed E-state index contributed by atoms with van der Waals surface area (Å²) in [5.74, 6) is 3.76. The summed E-state index contributed by atoms with van der Waals surface area (Å²) in [6.07, 6.45) is 0. The molecule has 0 aliphatic carbocycles. The lowest BCUT2D eigenvalue weighted by Gasteiger charge is -2.12. The molecule has 1 N–H and O–H groups in total. The van der Waals surface area contributed by atoms with Gasteiger partial charge in [-0.2, -0.15) is 0 Å². The molecule has 0 radical (unpaired) electrons. The van der Waals surface area contributed by atoms with Crippen LogP contribution in [0.15, 0.2) is 16.5 Å². The number of hydrogen-bond donors (Lipinski definition) is 1. The maximum absolute atomic E-state index is 11.7. The minimum atomic E-state index is -0.731. The summed E-state index contributed by atoms with van der Waals surface area (Å²) in [6.45, 7) is 4.97. The molecule has 1 saturated heterocycles. The van der Waals surface area contributed by atoms with Crippen molar-refractivity contribution < 1.29 is 8.63 Å². The van der Waals surface area contributed by atoms with Gasteiger partial charge in [-0.25, -0.2) is 0 Å². The van der Waals surface area contributed by atoms with Crippen LogP contribution in [0, 0.1) is 12.8 Å². The Morgan fingerprint density at radius 3 is 2.93 bits per heavy atom. The van der Waals surface area contributed by atoms with E-state index >= 15 is 0 Å². The van der Waals surface area contributed by atoms with E-state index in [1.54, 1.807) is 0 Å². The van der Waals surface area contributed by atoms with E-state index in [1.807, 2.05) is 19.1 Å². The first-order valence-corrected chi connectivity index (χ1v) is 6.78. The molecule has 0 spiro atoms. The molecule has 0 saturated carbocycles. The molecule has 15 heavy (non-hydrogen) atoms. The first-order valence-electron chi connectivity index (χ1n) is 5.30. The van der Waals surface area contributed by atoms with Crippen LogP contribution in [0.2, 0.25) is 0 Å². The quantitative estimate of drug-likeness (QED) is 0.792. The van der Waals surface area contributed by atoms with E-state index in [0.717, 1.165) is 23.8 Å². The van der Waals surface area contributed by atoms with Crippen molar-refractivity contribution in [3.8, 4) is 0 Å². The standard InChI is InChI=1S/C11H17NO2S/c1-8-5-12-10(7-15(13)6-8)11-4-3-9(2)14-11/h3-4,8,10,12H,5-7H2,1-2H3. The number of aryl methyl sites for hydroxylation is 1. The largest absolute Gasteiger partial charge is 0.465 e. The minimum Gasteiger partial charge on any atom is -0.465 e. The molecule has 1 fully saturated rings. The van der Waals surface area contributed by atoms with Crippen LogP contribution in [0.1, 0.15) is 24.5 Å². The lowest BCUT2D eigenvalue weighted by molar-refractivity contribution is 0.410. The van der Waals surface area contributed by atoms with Gasteiger partial charge in [0.15, 0.2) is 0 Å². The highest BCUT2D eigenvalue weighted by Crippen LogP contribution is 2.20.